The van der Waals surface area contributed by atoms with Crippen molar-refractivity contribution < 1.29 is 0 Å². The Morgan fingerprint density at radius 2 is 1.47 bits per heavy atom. The third-order valence-corrected chi connectivity index (χ3v) is 7.25. The summed E-state index contributed by atoms with van der Waals surface area (Å²) in [4.78, 5) is 2.60. The van der Waals surface area contributed by atoms with Crippen LogP contribution in [0.1, 0.15) is 69.1 Å². The molecular weight excluding hydrogens is 435 g/mol. The first kappa shape index (κ1) is 26.7. The Bertz CT molecular complexity index is 788. The van der Waals surface area contributed by atoms with E-state index in [2.05, 4.69) is 73.3 Å². The van der Waals surface area contributed by atoms with Crippen LogP contribution in [0.4, 0.5) is 0 Å². The quantitative estimate of drug-likeness (QED) is 0.351. The van der Waals surface area contributed by atoms with Crippen LogP contribution in [-0.4, -0.2) is 34.8 Å². The van der Waals surface area contributed by atoms with Crippen LogP contribution in [0.5, 0.6) is 0 Å². The van der Waals surface area contributed by atoms with Gasteiger partial charge in [0.05, 0.1) is 6.07 Å². The van der Waals surface area contributed by atoms with Crippen LogP contribution < -0.4 is 0 Å². The van der Waals surface area contributed by atoms with Crippen LogP contribution in [0.2, 0.25) is 0 Å². The van der Waals surface area contributed by atoms with Gasteiger partial charge in [0.1, 0.15) is 0 Å². The number of halogens is 2. The number of rotatable bonds is 9. The Morgan fingerprint density at radius 3 is 2.03 bits per heavy atom. The zero-order valence-corrected chi connectivity index (χ0v) is 21.3. The summed E-state index contributed by atoms with van der Waals surface area (Å²) in [7, 11) is 0. The van der Waals surface area contributed by atoms with Crippen molar-refractivity contribution >= 4 is 23.2 Å². The van der Waals surface area contributed by atoms with Crippen molar-refractivity contribution in [1.29, 1.82) is 5.26 Å². The third-order valence-electron chi connectivity index (χ3n) is 6.28. The van der Waals surface area contributed by atoms with Gasteiger partial charge in [-0.05, 0) is 69.2 Å². The fourth-order valence-electron chi connectivity index (χ4n) is 4.45. The Balaban J connectivity index is 0.00000114. The first-order valence-corrected chi connectivity index (χ1v) is 12.8. The summed E-state index contributed by atoms with van der Waals surface area (Å²) in [5.74, 6) is 0.288. The first-order valence-electron chi connectivity index (χ1n) is 11.9. The molecule has 0 spiro atoms. The molecule has 0 N–H and O–H groups in total. The number of hydrogen-bond acceptors (Lipinski definition) is 2. The molecule has 0 aliphatic heterocycles. The summed E-state index contributed by atoms with van der Waals surface area (Å²) in [6.07, 6.45) is 6.72. The Hall–Kier alpha value is -1.53. The number of hydrogen-bond donors (Lipinski definition) is 0. The van der Waals surface area contributed by atoms with Crippen molar-refractivity contribution in [3.8, 4) is 6.07 Å². The van der Waals surface area contributed by atoms with Crippen molar-refractivity contribution in [3.05, 3.63) is 71.3 Å². The van der Waals surface area contributed by atoms with Gasteiger partial charge in [-0.3, -0.25) is 0 Å². The van der Waals surface area contributed by atoms with Gasteiger partial charge in [0.15, 0.2) is 0 Å². The lowest BCUT2D eigenvalue weighted by Crippen LogP contribution is -2.34. The van der Waals surface area contributed by atoms with Gasteiger partial charge in [0, 0.05) is 36.2 Å². The van der Waals surface area contributed by atoms with Gasteiger partial charge in [-0.25, -0.2) is 0 Å². The van der Waals surface area contributed by atoms with Crippen molar-refractivity contribution in [2.45, 2.75) is 82.0 Å². The lowest BCUT2D eigenvalue weighted by Gasteiger charge is -2.32. The van der Waals surface area contributed by atoms with E-state index >= 15 is 0 Å². The van der Waals surface area contributed by atoms with Crippen molar-refractivity contribution in [1.82, 2.24) is 4.90 Å². The van der Waals surface area contributed by atoms with Gasteiger partial charge < -0.3 is 4.90 Å². The Labute approximate surface area is 205 Å². The highest BCUT2D eigenvalue weighted by atomic mass is 35.5. The molecule has 0 saturated heterocycles. The minimum absolute atomic E-state index is 0.168. The van der Waals surface area contributed by atoms with E-state index in [1.165, 1.54) is 30.0 Å². The standard InChI is InChI=1S/C26H35Cl2N.C2H3N/c1-20(2)29(19-17-21-8-4-3-5-9-21)18-7-10-22-13-15-23(16-14-22)26-24(27)11-6-12-25(26)28;1-2-3/h3-5,8-9,13-16,20,24-26H,6-7,10-12,17-19H2,1-2H3;1H3. The number of alkyl halides is 2. The molecule has 1 saturated carbocycles. The molecule has 2 unspecified atom stereocenters. The molecule has 2 atom stereocenters. The highest BCUT2D eigenvalue weighted by Gasteiger charge is 2.31. The monoisotopic (exact) mass is 472 g/mol. The van der Waals surface area contributed by atoms with Gasteiger partial charge in [-0.1, -0.05) is 61.0 Å². The maximum absolute atomic E-state index is 7.32. The van der Waals surface area contributed by atoms with Crippen molar-refractivity contribution in [2.75, 3.05) is 13.1 Å². The van der Waals surface area contributed by atoms with Crippen LogP contribution in [0.3, 0.4) is 0 Å². The third kappa shape index (κ3) is 8.78. The van der Waals surface area contributed by atoms with Gasteiger partial charge in [0.25, 0.3) is 0 Å². The minimum Gasteiger partial charge on any atom is -0.301 e. The van der Waals surface area contributed by atoms with E-state index < -0.39 is 0 Å². The summed E-state index contributed by atoms with van der Waals surface area (Å²) < 4.78 is 0. The van der Waals surface area contributed by atoms with E-state index in [1.807, 2.05) is 0 Å². The first-order chi connectivity index (χ1) is 15.5. The average molecular weight is 474 g/mol. The predicted molar refractivity (Wildman–Crippen MR) is 139 cm³/mol. The lowest BCUT2D eigenvalue weighted by molar-refractivity contribution is 0.222. The van der Waals surface area contributed by atoms with Gasteiger partial charge in [-0.2, -0.15) is 5.26 Å². The second-order valence-corrected chi connectivity index (χ2v) is 10.0. The van der Waals surface area contributed by atoms with Gasteiger partial charge >= 0.3 is 0 Å². The molecule has 0 radical (unpaired) electrons. The zero-order valence-electron chi connectivity index (χ0n) is 19.8. The topological polar surface area (TPSA) is 27.0 Å². The number of benzene rings is 2. The maximum atomic E-state index is 7.32. The molecule has 1 aliphatic carbocycles. The zero-order chi connectivity index (χ0) is 23.3. The van der Waals surface area contributed by atoms with Gasteiger partial charge in [0.2, 0.25) is 0 Å². The summed E-state index contributed by atoms with van der Waals surface area (Å²) in [5.41, 5.74) is 4.14. The highest BCUT2D eigenvalue weighted by molar-refractivity contribution is 6.24. The summed E-state index contributed by atoms with van der Waals surface area (Å²) >= 11 is 13.2. The predicted octanol–water partition coefficient (Wildman–Crippen LogP) is 7.58. The molecule has 3 rings (SSSR count). The van der Waals surface area contributed by atoms with Crippen LogP contribution in [0.25, 0.3) is 0 Å². The van der Waals surface area contributed by atoms with E-state index in [0.29, 0.717) is 6.04 Å². The smallest absolute Gasteiger partial charge is 0.0587 e. The van der Waals surface area contributed by atoms with E-state index in [1.54, 1.807) is 6.07 Å². The molecule has 1 fully saturated rings. The molecule has 174 valence electrons. The average Bonchev–Trinajstić information content (AvgIpc) is 2.78. The van der Waals surface area contributed by atoms with Crippen molar-refractivity contribution in [2.24, 2.45) is 0 Å². The molecule has 0 bridgehead atoms. The highest BCUT2D eigenvalue weighted by Crippen LogP contribution is 2.39. The minimum atomic E-state index is 0.168. The fraction of sp³-hybridized carbons (Fsp3) is 0.536. The normalized spacial score (nSPS) is 20.5. The van der Waals surface area contributed by atoms with Crippen molar-refractivity contribution in [3.63, 3.8) is 0 Å². The summed E-state index contributed by atoms with van der Waals surface area (Å²) in [5, 5.41) is 7.66. The van der Waals surface area contributed by atoms with Crippen LogP contribution >= 0.6 is 23.2 Å². The molecule has 0 aromatic heterocycles. The molecule has 32 heavy (non-hydrogen) atoms. The largest absolute Gasteiger partial charge is 0.301 e. The SMILES string of the molecule is CC#N.CC(C)N(CCCc1ccc(C2C(Cl)CCCC2Cl)cc1)CCc1ccccc1. The number of nitrogens with zero attached hydrogens (tertiary/aromatic N) is 2. The molecular formula is C28H38Cl2N2. The molecule has 0 amide bonds. The maximum Gasteiger partial charge on any atom is 0.0587 e. The van der Waals surface area contributed by atoms with E-state index in [9.17, 15) is 0 Å². The van der Waals surface area contributed by atoms with Gasteiger partial charge in [-0.15, -0.1) is 23.2 Å². The van der Waals surface area contributed by atoms with E-state index in [4.69, 9.17) is 28.5 Å². The van der Waals surface area contributed by atoms with Crippen LogP contribution in [-0.2, 0) is 12.8 Å². The molecule has 0 heterocycles. The number of aryl methyl sites for hydroxylation is 1. The fourth-order valence-corrected chi connectivity index (χ4v) is 5.47. The second-order valence-electron chi connectivity index (χ2n) is 8.92. The van der Waals surface area contributed by atoms with E-state index in [-0.39, 0.29) is 16.7 Å². The lowest BCUT2D eigenvalue weighted by atomic mass is 9.83. The molecule has 1 aliphatic rings. The Morgan fingerprint density at radius 1 is 0.906 bits per heavy atom. The second kappa shape index (κ2) is 14.6. The Kier molecular flexibility index (Phi) is 12.2. The summed E-state index contributed by atoms with van der Waals surface area (Å²) in [6, 6.07) is 22.2. The number of nitriles is 1. The summed E-state index contributed by atoms with van der Waals surface area (Å²) in [6.45, 7) is 8.29. The molecule has 2 nitrogen and oxygen atoms in total. The van der Waals surface area contributed by atoms with E-state index in [0.717, 1.165) is 45.2 Å². The van der Waals surface area contributed by atoms with Crippen LogP contribution in [0.15, 0.2) is 54.6 Å². The molecule has 4 heteroatoms. The van der Waals surface area contributed by atoms with Crippen LogP contribution in [0, 0.1) is 11.3 Å². The molecule has 2 aromatic carbocycles. The molecule has 2 aromatic rings.